The van der Waals surface area contributed by atoms with E-state index in [0.717, 1.165) is 15.4 Å². The highest BCUT2D eigenvalue weighted by Gasteiger charge is 2.36. The van der Waals surface area contributed by atoms with Crippen LogP contribution in [0.3, 0.4) is 0 Å². The van der Waals surface area contributed by atoms with Gasteiger partial charge >= 0.3 is 0 Å². The minimum Gasteiger partial charge on any atom is -0.350 e. The van der Waals surface area contributed by atoms with Gasteiger partial charge in [0.1, 0.15) is 12.6 Å². The number of anilines is 1. The molecule has 0 saturated carbocycles. The fourth-order valence-corrected chi connectivity index (χ4v) is 6.77. The summed E-state index contributed by atoms with van der Waals surface area (Å²) in [6, 6.07) is 28.2. The fourth-order valence-electron chi connectivity index (χ4n) is 4.87. The number of hydrogen-bond donors (Lipinski definition) is 1. The molecule has 0 unspecified atom stereocenters. The lowest BCUT2D eigenvalue weighted by atomic mass is 10.0. The highest BCUT2D eigenvalue weighted by atomic mass is 35.5. The van der Waals surface area contributed by atoms with Gasteiger partial charge in [-0.1, -0.05) is 89.9 Å². The van der Waals surface area contributed by atoms with Crippen LogP contribution in [-0.4, -0.2) is 43.3 Å². The van der Waals surface area contributed by atoms with Crippen LogP contribution in [0.25, 0.3) is 0 Å². The number of hydrogen-bond acceptors (Lipinski definition) is 4. The Morgan fingerprint density at radius 2 is 1.49 bits per heavy atom. The minimum absolute atomic E-state index is 0.0397. The highest BCUT2D eigenvalue weighted by molar-refractivity contribution is 7.92. The molecule has 7 nitrogen and oxygen atoms in total. The zero-order chi connectivity index (χ0) is 32.8. The molecule has 45 heavy (non-hydrogen) atoms. The Hall–Kier alpha value is -3.85. The highest BCUT2D eigenvalue weighted by Crippen LogP contribution is 2.28. The van der Waals surface area contributed by atoms with Crippen LogP contribution in [0, 0.1) is 6.92 Å². The standard InChI is InChI=1S/C35H37Cl2N3O4S/c1-25-12-11-15-29(20-25)40(45(43,44)30-16-9-6-10-17-30)24-33(41)39(23-27-18-19-28(36)22-31(27)37)32(34(42)38-35(2,3)4)21-26-13-7-5-8-14-26/h5-20,22,32H,21,23-24H2,1-4H3,(H,38,42)/t32-/m1/s1. The number of sulfonamides is 1. The third-order valence-corrected chi connectivity index (χ3v) is 9.40. The Balaban J connectivity index is 1.84. The van der Waals surface area contributed by atoms with Crippen molar-refractivity contribution in [1.29, 1.82) is 0 Å². The van der Waals surface area contributed by atoms with Crippen molar-refractivity contribution in [3.8, 4) is 0 Å². The molecule has 1 atom stereocenters. The molecule has 10 heteroatoms. The molecule has 4 aromatic rings. The summed E-state index contributed by atoms with van der Waals surface area (Å²) >= 11 is 12.7. The summed E-state index contributed by atoms with van der Waals surface area (Å²) < 4.78 is 29.2. The van der Waals surface area contributed by atoms with Gasteiger partial charge in [0.05, 0.1) is 10.6 Å². The topological polar surface area (TPSA) is 86.8 Å². The van der Waals surface area contributed by atoms with Gasteiger partial charge in [0.15, 0.2) is 0 Å². The lowest BCUT2D eigenvalue weighted by Crippen LogP contribution is -2.56. The molecule has 1 N–H and O–H groups in total. The van der Waals surface area contributed by atoms with Gasteiger partial charge in [0, 0.05) is 28.5 Å². The van der Waals surface area contributed by atoms with Crippen molar-refractivity contribution in [1.82, 2.24) is 10.2 Å². The molecule has 4 rings (SSSR count). The van der Waals surface area contributed by atoms with Crippen LogP contribution in [0.15, 0.2) is 108 Å². The summed E-state index contributed by atoms with van der Waals surface area (Å²) in [6.07, 6.45) is 0.190. The molecular weight excluding hydrogens is 629 g/mol. The molecule has 0 aromatic heterocycles. The van der Waals surface area contributed by atoms with Gasteiger partial charge in [0.25, 0.3) is 10.0 Å². The number of rotatable bonds is 11. The normalized spacial score (nSPS) is 12.3. The Labute approximate surface area is 275 Å². The van der Waals surface area contributed by atoms with Gasteiger partial charge in [-0.05, 0) is 80.8 Å². The Morgan fingerprint density at radius 3 is 2.09 bits per heavy atom. The second-order valence-corrected chi connectivity index (χ2v) is 14.6. The van der Waals surface area contributed by atoms with Crippen molar-refractivity contribution in [2.45, 2.75) is 57.1 Å². The number of nitrogens with one attached hydrogen (secondary N) is 1. The number of carbonyl (C=O) groups is 2. The van der Waals surface area contributed by atoms with Gasteiger partial charge in [-0.2, -0.15) is 0 Å². The smallest absolute Gasteiger partial charge is 0.264 e. The summed E-state index contributed by atoms with van der Waals surface area (Å²) in [6.45, 7) is 6.81. The average molecular weight is 667 g/mol. The first-order valence-electron chi connectivity index (χ1n) is 14.5. The molecule has 0 heterocycles. The molecule has 236 valence electrons. The number of aryl methyl sites for hydroxylation is 1. The Bertz CT molecular complexity index is 1740. The number of halogens is 2. The first kappa shape index (κ1) is 34.0. The van der Waals surface area contributed by atoms with E-state index in [2.05, 4.69) is 5.32 Å². The molecule has 0 fully saturated rings. The van der Waals surface area contributed by atoms with Gasteiger partial charge in [-0.15, -0.1) is 0 Å². The van der Waals surface area contributed by atoms with Crippen LogP contribution in [0.5, 0.6) is 0 Å². The molecule has 0 bridgehead atoms. The maximum atomic E-state index is 14.5. The number of amides is 2. The van der Waals surface area contributed by atoms with Crippen LogP contribution >= 0.6 is 23.2 Å². The van der Waals surface area contributed by atoms with Crippen LogP contribution in [-0.2, 0) is 32.6 Å². The van der Waals surface area contributed by atoms with Crippen molar-refractivity contribution in [2.75, 3.05) is 10.8 Å². The van der Waals surface area contributed by atoms with E-state index in [1.165, 1.54) is 17.0 Å². The van der Waals surface area contributed by atoms with Crippen LogP contribution in [0.4, 0.5) is 5.69 Å². The zero-order valence-electron chi connectivity index (χ0n) is 25.7. The zero-order valence-corrected chi connectivity index (χ0v) is 28.0. The summed E-state index contributed by atoms with van der Waals surface area (Å²) in [5.41, 5.74) is 1.95. The van der Waals surface area contributed by atoms with E-state index in [1.54, 1.807) is 54.6 Å². The van der Waals surface area contributed by atoms with Crippen molar-refractivity contribution >= 4 is 50.7 Å². The maximum Gasteiger partial charge on any atom is 0.264 e. The lowest BCUT2D eigenvalue weighted by Gasteiger charge is -2.35. The Morgan fingerprint density at radius 1 is 0.844 bits per heavy atom. The summed E-state index contributed by atoms with van der Waals surface area (Å²) in [4.78, 5) is 30.0. The van der Waals surface area contributed by atoms with E-state index in [0.29, 0.717) is 21.3 Å². The number of carbonyl (C=O) groups excluding carboxylic acids is 2. The third-order valence-electron chi connectivity index (χ3n) is 7.02. The van der Waals surface area contributed by atoms with E-state index in [9.17, 15) is 18.0 Å². The molecule has 0 radical (unpaired) electrons. The van der Waals surface area contributed by atoms with E-state index in [-0.39, 0.29) is 23.8 Å². The van der Waals surface area contributed by atoms with Crippen molar-refractivity contribution in [2.24, 2.45) is 0 Å². The molecule has 0 aliphatic carbocycles. The van der Waals surface area contributed by atoms with Crippen LogP contribution in [0.1, 0.15) is 37.5 Å². The summed E-state index contributed by atoms with van der Waals surface area (Å²) in [5, 5.41) is 3.76. The Kier molecular flexibility index (Phi) is 11.0. The van der Waals surface area contributed by atoms with Gasteiger partial charge in [-0.25, -0.2) is 8.42 Å². The van der Waals surface area contributed by atoms with Gasteiger partial charge < -0.3 is 10.2 Å². The molecule has 0 aliphatic heterocycles. The quantitative estimate of drug-likeness (QED) is 0.186. The van der Waals surface area contributed by atoms with E-state index >= 15 is 0 Å². The largest absolute Gasteiger partial charge is 0.350 e. The van der Waals surface area contributed by atoms with Crippen molar-refractivity contribution in [3.63, 3.8) is 0 Å². The van der Waals surface area contributed by atoms with Gasteiger partial charge in [0.2, 0.25) is 11.8 Å². The fraction of sp³-hybridized carbons (Fsp3) is 0.257. The van der Waals surface area contributed by atoms with Gasteiger partial charge in [-0.3, -0.25) is 13.9 Å². The average Bonchev–Trinajstić information content (AvgIpc) is 2.98. The third kappa shape index (κ3) is 9.10. The second-order valence-electron chi connectivity index (χ2n) is 11.9. The molecule has 0 spiro atoms. The number of nitrogens with zero attached hydrogens (tertiary/aromatic N) is 2. The molecule has 4 aromatic carbocycles. The maximum absolute atomic E-state index is 14.5. The second kappa shape index (κ2) is 14.5. The molecule has 0 saturated heterocycles. The predicted molar refractivity (Wildman–Crippen MR) is 181 cm³/mol. The molecule has 2 amide bonds. The molecular formula is C35H37Cl2N3O4S. The van der Waals surface area contributed by atoms with Crippen LogP contribution < -0.4 is 9.62 Å². The monoisotopic (exact) mass is 665 g/mol. The molecule has 0 aliphatic rings. The SMILES string of the molecule is Cc1cccc(N(CC(=O)N(Cc2ccc(Cl)cc2Cl)[C@H](Cc2ccccc2)C(=O)NC(C)(C)C)S(=O)(=O)c2ccccc2)c1. The van der Waals surface area contributed by atoms with Crippen molar-refractivity contribution in [3.05, 3.63) is 130 Å². The first-order valence-corrected chi connectivity index (χ1v) is 16.7. The predicted octanol–water partition coefficient (Wildman–Crippen LogP) is 7.05. The lowest BCUT2D eigenvalue weighted by molar-refractivity contribution is -0.140. The minimum atomic E-state index is -4.18. The number of benzene rings is 4. The first-order chi connectivity index (χ1) is 21.2. The van der Waals surface area contributed by atoms with E-state index < -0.39 is 34.1 Å². The van der Waals surface area contributed by atoms with E-state index in [1.807, 2.05) is 64.1 Å². The summed E-state index contributed by atoms with van der Waals surface area (Å²) in [5.74, 6) is -0.954. The summed E-state index contributed by atoms with van der Waals surface area (Å²) in [7, 11) is -4.18. The van der Waals surface area contributed by atoms with Crippen molar-refractivity contribution < 1.29 is 18.0 Å². The van der Waals surface area contributed by atoms with E-state index in [4.69, 9.17) is 23.2 Å². The van der Waals surface area contributed by atoms with Crippen LogP contribution in [0.2, 0.25) is 10.0 Å².